The normalized spacial score (nSPS) is 11.0. The molecule has 0 atom stereocenters. The highest BCUT2D eigenvalue weighted by Gasteiger charge is 2.14. The largest absolute Gasteiger partial charge is 0.329 e. The molecule has 0 radical (unpaired) electrons. The molecule has 1 heterocycles. The number of halogens is 2. The van der Waals surface area contributed by atoms with E-state index in [2.05, 4.69) is 20.4 Å². The lowest BCUT2D eigenvalue weighted by Crippen LogP contribution is -2.32. The Labute approximate surface area is 184 Å². The van der Waals surface area contributed by atoms with E-state index in [-0.39, 0.29) is 0 Å². The van der Waals surface area contributed by atoms with Crippen molar-refractivity contribution in [2.75, 3.05) is 5.32 Å². The number of nitrogens with one attached hydrogen (secondary N) is 2. The first-order chi connectivity index (χ1) is 14.3. The maximum absolute atomic E-state index is 12.0. The smallest absolute Gasteiger partial charge is 0.318 e. The predicted molar refractivity (Wildman–Crippen MR) is 121 cm³/mol. The summed E-state index contributed by atoms with van der Waals surface area (Å²) in [6.07, 6.45) is 1.51. The number of amides is 2. The first-order valence-electron chi connectivity index (χ1n) is 9.11. The Bertz CT molecular complexity index is 1130. The van der Waals surface area contributed by atoms with Crippen molar-refractivity contribution >= 4 is 46.9 Å². The third-order valence-electron chi connectivity index (χ3n) is 4.52. The Morgan fingerprint density at radius 1 is 0.967 bits per heavy atom. The molecule has 6 nitrogen and oxygen atoms in total. The van der Waals surface area contributed by atoms with Crippen molar-refractivity contribution in [3.05, 3.63) is 81.1 Å². The molecule has 3 aromatic rings. The van der Waals surface area contributed by atoms with E-state index >= 15 is 0 Å². The SMILES string of the molecule is Cc1ccccc1-n1c(C)cc(/C=N\NC(=O)C(=O)Nc2cc(Cl)cc(Cl)c2)c1C. The number of para-hydroxylation sites is 1. The van der Waals surface area contributed by atoms with Crippen molar-refractivity contribution in [2.45, 2.75) is 20.8 Å². The molecule has 0 aliphatic heterocycles. The minimum absolute atomic E-state index is 0.318. The second kappa shape index (κ2) is 9.15. The fourth-order valence-electron chi connectivity index (χ4n) is 3.13. The molecule has 2 aromatic carbocycles. The van der Waals surface area contributed by atoms with Crippen molar-refractivity contribution in [2.24, 2.45) is 5.10 Å². The number of hydrogen-bond donors (Lipinski definition) is 2. The van der Waals surface area contributed by atoms with Crippen LogP contribution in [0.1, 0.15) is 22.5 Å². The molecule has 2 N–H and O–H groups in total. The molecule has 3 rings (SSSR count). The van der Waals surface area contributed by atoms with Gasteiger partial charge in [-0.15, -0.1) is 0 Å². The van der Waals surface area contributed by atoms with E-state index in [4.69, 9.17) is 23.2 Å². The number of anilines is 1. The van der Waals surface area contributed by atoms with Crippen LogP contribution in [0.15, 0.2) is 53.6 Å². The molecule has 0 saturated carbocycles. The Hall–Kier alpha value is -3.09. The molecule has 0 aliphatic carbocycles. The number of benzene rings is 2. The van der Waals surface area contributed by atoms with Crippen LogP contribution < -0.4 is 10.7 Å². The fourth-order valence-corrected chi connectivity index (χ4v) is 3.65. The van der Waals surface area contributed by atoms with Gasteiger partial charge in [-0.3, -0.25) is 9.59 Å². The molecule has 2 amide bonds. The molecule has 8 heteroatoms. The zero-order valence-electron chi connectivity index (χ0n) is 16.7. The lowest BCUT2D eigenvalue weighted by atomic mass is 10.2. The maximum Gasteiger partial charge on any atom is 0.329 e. The summed E-state index contributed by atoms with van der Waals surface area (Å²) in [6.45, 7) is 6.02. The first kappa shape index (κ1) is 21.6. The van der Waals surface area contributed by atoms with Crippen LogP contribution in [-0.2, 0) is 9.59 Å². The van der Waals surface area contributed by atoms with Gasteiger partial charge in [-0.2, -0.15) is 5.10 Å². The summed E-state index contributed by atoms with van der Waals surface area (Å²) < 4.78 is 2.12. The average molecular weight is 443 g/mol. The lowest BCUT2D eigenvalue weighted by molar-refractivity contribution is -0.136. The van der Waals surface area contributed by atoms with E-state index in [0.717, 1.165) is 28.2 Å². The van der Waals surface area contributed by atoms with Gasteiger partial charge in [0.1, 0.15) is 0 Å². The van der Waals surface area contributed by atoms with Gasteiger partial charge in [-0.25, -0.2) is 5.43 Å². The van der Waals surface area contributed by atoms with Gasteiger partial charge in [-0.05, 0) is 56.7 Å². The predicted octanol–water partition coefficient (Wildman–Crippen LogP) is 4.80. The van der Waals surface area contributed by atoms with E-state index in [9.17, 15) is 9.59 Å². The standard InChI is InChI=1S/C22H20Cl2N4O2/c1-13-6-4-5-7-20(13)28-14(2)8-16(15(28)3)12-25-27-22(30)21(29)26-19-10-17(23)9-18(24)11-19/h4-12H,1-3H3,(H,26,29)(H,27,30)/b25-12-. The highest BCUT2D eigenvalue weighted by Crippen LogP contribution is 2.23. The van der Waals surface area contributed by atoms with E-state index in [1.165, 1.54) is 24.4 Å². The number of carbonyl (C=O) groups is 2. The van der Waals surface area contributed by atoms with Gasteiger partial charge in [0.05, 0.1) is 6.21 Å². The molecular formula is C22H20Cl2N4O2. The lowest BCUT2D eigenvalue weighted by Gasteiger charge is -2.12. The molecule has 0 fully saturated rings. The third kappa shape index (κ3) is 4.90. The van der Waals surface area contributed by atoms with Crippen LogP contribution in [0.25, 0.3) is 5.69 Å². The number of aryl methyl sites for hydroxylation is 2. The first-order valence-corrected chi connectivity index (χ1v) is 9.87. The van der Waals surface area contributed by atoms with Gasteiger partial charge in [0.25, 0.3) is 0 Å². The van der Waals surface area contributed by atoms with Crippen LogP contribution in [0, 0.1) is 20.8 Å². The van der Waals surface area contributed by atoms with Crippen LogP contribution in [0.4, 0.5) is 5.69 Å². The van der Waals surface area contributed by atoms with Crippen molar-refractivity contribution in [1.82, 2.24) is 9.99 Å². The van der Waals surface area contributed by atoms with E-state index in [0.29, 0.717) is 15.7 Å². The second-order valence-corrected chi connectivity index (χ2v) is 7.63. The van der Waals surface area contributed by atoms with Crippen molar-refractivity contribution in [1.29, 1.82) is 0 Å². The molecule has 0 aliphatic rings. The van der Waals surface area contributed by atoms with Crippen molar-refractivity contribution in [3.63, 3.8) is 0 Å². The summed E-state index contributed by atoms with van der Waals surface area (Å²) in [4.78, 5) is 24.1. The summed E-state index contributed by atoms with van der Waals surface area (Å²) in [5.74, 6) is -1.79. The quantitative estimate of drug-likeness (QED) is 0.345. The molecule has 0 saturated heterocycles. The van der Waals surface area contributed by atoms with Gasteiger partial charge >= 0.3 is 11.8 Å². The maximum atomic E-state index is 12.0. The summed E-state index contributed by atoms with van der Waals surface area (Å²) >= 11 is 11.8. The van der Waals surface area contributed by atoms with Gasteiger partial charge in [0.15, 0.2) is 0 Å². The van der Waals surface area contributed by atoms with Crippen molar-refractivity contribution < 1.29 is 9.59 Å². The van der Waals surface area contributed by atoms with Crippen LogP contribution in [-0.4, -0.2) is 22.6 Å². The number of nitrogens with zero attached hydrogens (tertiary/aromatic N) is 2. The van der Waals surface area contributed by atoms with E-state index in [1.54, 1.807) is 0 Å². The number of rotatable bonds is 4. The zero-order chi connectivity index (χ0) is 21.8. The Morgan fingerprint density at radius 3 is 2.30 bits per heavy atom. The topological polar surface area (TPSA) is 75.5 Å². The number of carbonyl (C=O) groups excluding carboxylic acids is 2. The molecular weight excluding hydrogens is 423 g/mol. The molecule has 30 heavy (non-hydrogen) atoms. The number of aromatic nitrogens is 1. The Morgan fingerprint density at radius 2 is 1.63 bits per heavy atom. The minimum Gasteiger partial charge on any atom is -0.318 e. The summed E-state index contributed by atoms with van der Waals surface area (Å²) in [7, 11) is 0. The summed E-state index contributed by atoms with van der Waals surface area (Å²) in [5, 5.41) is 7.04. The van der Waals surface area contributed by atoms with Gasteiger partial charge in [-0.1, -0.05) is 41.4 Å². The van der Waals surface area contributed by atoms with Crippen LogP contribution in [0.3, 0.4) is 0 Å². The fraction of sp³-hybridized carbons (Fsp3) is 0.136. The Kier molecular flexibility index (Phi) is 6.59. The van der Waals surface area contributed by atoms with Crippen molar-refractivity contribution in [3.8, 4) is 5.69 Å². The van der Waals surface area contributed by atoms with E-state index < -0.39 is 11.8 Å². The van der Waals surface area contributed by atoms with Gasteiger partial charge in [0.2, 0.25) is 0 Å². The van der Waals surface area contributed by atoms with E-state index in [1.807, 2.05) is 51.1 Å². The zero-order valence-corrected chi connectivity index (χ0v) is 18.2. The van der Waals surface area contributed by atoms with Gasteiger partial charge < -0.3 is 9.88 Å². The Balaban J connectivity index is 1.69. The number of hydrazone groups is 1. The number of hydrogen-bond acceptors (Lipinski definition) is 3. The van der Waals surface area contributed by atoms with Crippen LogP contribution in [0.5, 0.6) is 0 Å². The molecule has 0 unspecified atom stereocenters. The highest BCUT2D eigenvalue weighted by molar-refractivity contribution is 6.40. The van der Waals surface area contributed by atoms with Crippen LogP contribution in [0.2, 0.25) is 10.0 Å². The summed E-state index contributed by atoms with van der Waals surface area (Å²) in [5.41, 5.74) is 7.61. The minimum atomic E-state index is -0.907. The molecule has 1 aromatic heterocycles. The summed E-state index contributed by atoms with van der Waals surface area (Å²) in [6, 6.07) is 14.5. The molecule has 0 spiro atoms. The van der Waals surface area contributed by atoms with Gasteiger partial charge in [0, 0.05) is 38.4 Å². The van der Waals surface area contributed by atoms with Crippen LogP contribution >= 0.6 is 23.2 Å². The molecule has 154 valence electrons. The second-order valence-electron chi connectivity index (χ2n) is 6.76. The third-order valence-corrected chi connectivity index (χ3v) is 4.96. The highest BCUT2D eigenvalue weighted by atomic mass is 35.5. The average Bonchev–Trinajstić information content (AvgIpc) is 2.95. The molecule has 0 bridgehead atoms. The monoisotopic (exact) mass is 442 g/mol.